The second-order valence-electron chi connectivity index (χ2n) is 6.41. The number of ether oxygens (including phenoxy) is 2. The van der Waals surface area contributed by atoms with Gasteiger partial charge in [0.05, 0.1) is 12.0 Å². The van der Waals surface area contributed by atoms with Crippen LogP contribution in [0.3, 0.4) is 0 Å². The van der Waals surface area contributed by atoms with Crippen LogP contribution < -0.4 is 0 Å². The largest absolute Gasteiger partial charge is 0.465 e. The lowest BCUT2D eigenvalue weighted by Gasteiger charge is -2.40. The molecule has 24 heavy (non-hydrogen) atoms. The highest BCUT2D eigenvalue weighted by atomic mass is 16.5. The first-order valence-corrected chi connectivity index (χ1v) is 9.25. The molecule has 1 aromatic rings. The van der Waals surface area contributed by atoms with Gasteiger partial charge in [-0.05, 0) is 64.7 Å². The van der Waals surface area contributed by atoms with Crippen molar-refractivity contribution in [3.8, 4) is 0 Å². The van der Waals surface area contributed by atoms with Crippen LogP contribution in [0.1, 0.15) is 45.1 Å². The SMILES string of the molecule is CCOCCCCN1CCC(C(=O)OCC)(c2ccccc2)CC1. The number of nitrogens with zero attached hydrogens (tertiary/aromatic N) is 1. The first-order valence-electron chi connectivity index (χ1n) is 9.25. The Morgan fingerprint density at radius 3 is 2.42 bits per heavy atom. The molecule has 1 heterocycles. The van der Waals surface area contributed by atoms with Crippen LogP contribution in [0.15, 0.2) is 30.3 Å². The van der Waals surface area contributed by atoms with E-state index in [0.717, 1.165) is 64.1 Å². The van der Waals surface area contributed by atoms with Gasteiger partial charge in [-0.1, -0.05) is 30.3 Å². The molecule has 0 unspecified atom stereocenters. The number of hydrogen-bond acceptors (Lipinski definition) is 4. The summed E-state index contributed by atoms with van der Waals surface area (Å²) in [4.78, 5) is 15.2. The van der Waals surface area contributed by atoms with Gasteiger partial charge >= 0.3 is 5.97 Å². The van der Waals surface area contributed by atoms with Gasteiger partial charge in [0.2, 0.25) is 0 Å². The summed E-state index contributed by atoms with van der Waals surface area (Å²) in [7, 11) is 0. The summed E-state index contributed by atoms with van der Waals surface area (Å²) < 4.78 is 10.8. The van der Waals surface area contributed by atoms with Crippen molar-refractivity contribution >= 4 is 5.97 Å². The number of hydrogen-bond donors (Lipinski definition) is 0. The van der Waals surface area contributed by atoms with Crippen LogP contribution in [0, 0.1) is 0 Å². The number of esters is 1. The van der Waals surface area contributed by atoms with E-state index in [1.807, 2.05) is 32.0 Å². The predicted octanol–water partition coefficient (Wildman–Crippen LogP) is 3.40. The molecule has 4 nitrogen and oxygen atoms in total. The van der Waals surface area contributed by atoms with E-state index in [2.05, 4.69) is 17.0 Å². The van der Waals surface area contributed by atoms with Crippen LogP contribution >= 0.6 is 0 Å². The van der Waals surface area contributed by atoms with Gasteiger partial charge in [0.1, 0.15) is 0 Å². The van der Waals surface area contributed by atoms with Gasteiger partial charge in [-0.2, -0.15) is 0 Å². The van der Waals surface area contributed by atoms with Crippen LogP contribution in [0.2, 0.25) is 0 Å². The average molecular weight is 333 g/mol. The van der Waals surface area contributed by atoms with Crippen molar-refractivity contribution in [1.29, 1.82) is 0 Å². The summed E-state index contributed by atoms with van der Waals surface area (Å²) in [6.45, 7) is 8.97. The maximum atomic E-state index is 12.7. The third-order valence-corrected chi connectivity index (χ3v) is 4.92. The molecule has 0 aliphatic carbocycles. The molecular weight excluding hydrogens is 302 g/mol. The minimum Gasteiger partial charge on any atom is -0.465 e. The minimum absolute atomic E-state index is 0.0628. The molecule has 4 heteroatoms. The average Bonchev–Trinajstić information content (AvgIpc) is 2.63. The Morgan fingerprint density at radius 2 is 1.79 bits per heavy atom. The Labute approximate surface area is 146 Å². The third-order valence-electron chi connectivity index (χ3n) is 4.92. The van der Waals surface area contributed by atoms with E-state index in [1.165, 1.54) is 0 Å². The standard InChI is InChI=1S/C20H31NO3/c1-3-23-17-9-8-14-21-15-12-20(13-16-21,19(22)24-4-2)18-10-6-5-7-11-18/h5-7,10-11H,3-4,8-9,12-17H2,1-2H3. The van der Waals surface area contributed by atoms with Gasteiger partial charge in [-0.15, -0.1) is 0 Å². The van der Waals surface area contributed by atoms with E-state index in [1.54, 1.807) is 0 Å². The fourth-order valence-electron chi connectivity index (χ4n) is 3.48. The molecular formula is C20H31NO3. The molecule has 1 aliphatic rings. The first-order chi connectivity index (χ1) is 11.7. The highest BCUT2D eigenvalue weighted by Gasteiger charge is 2.43. The Morgan fingerprint density at radius 1 is 1.08 bits per heavy atom. The van der Waals surface area contributed by atoms with E-state index in [-0.39, 0.29) is 5.97 Å². The van der Waals surface area contributed by atoms with Crippen molar-refractivity contribution in [1.82, 2.24) is 4.90 Å². The van der Waals surface area contributed by atoms with Gasteiger partial charge in [-0.25, -0.2) is 0 Å². The normalized spacial score (nSPS) is 17.6. The molecule has 1 aromatic carbocycles. The van der Waals surface area contributed by atoms with Crippen LogP contribution in [-0.4, -0.2) is 50.3 Å². The zero-order valence-corrected chi connectivity index (χ0v) is 15.1. The molecule has 0 amide bonds. The third kappa shape index (κ3) is 4.81. The van der Waals surface area contributed by atoms with Crippen molar-refractivity contribution < 1.29 is 14.3 Å². The second kappa shape index (κ2) is 9.80. The lowest BCUT2D eigenvalue weighted by Crippen LogP contribution is -2.48. The molecule has 1 fully saturated rings. The zero-order valence-electron chi connectivity index (χ0n) is 15.1. The Balaban J connectivity index is 1.94. The fraction of sp³-hybridized carbons (Fsp3) is 0.650. The molecule has 0 radical (unpaired) electrons. The van der Waals surface area contributed by atoms with E-state index < -0.39 is 5.41 Å². The van der Waals surface area contributed by atoms with Gasteiger partial charge in [0.15, 0.2) is 0 Å². The first kappa shape index (κ1) is 18.9. The quantitative estimate of drug-likeness (QED) is 0.513. The topological polar surface area (TPSA) is 38.8 Å². The molecule has 0 N–H and O–H groups in total. The van der Waals surface area contributed by atoms with Crippen molar-refractivity contribution in [2.75, 3.05) is 39.5 Å². The van der Waals surface area contributed by atoms with Crippen molar-refractivity contribution in [3.05, 3.63) is 35.9 Å². The summed E-state index contributed by atoms with van der Waals surface area (Å²) in [6.07, 6.45) is 3.92. The number of benzene rings is 1. The highest BCUT2D eigenvalue weighted by molar-refractivity contribution is 5.83. The molecule has 1 saturated heterocycles. The number of piperidine rings is 1. The molecule has 0 aromatic heterocycles. The van der Waals surface area contributed by atoms with Crippen molar-refractivity contribution in [2.24, 2.45) is 0 Å². The van der Waals surface area contributed by atoms with E-state index in [9.17, 15) is 4.79 Å². The van der Waals surface area contributed by atoms with Gasteiger partial charge in [-0.3, -0.25) is 4.79 Å². The Hall–Kier alpha value is -1.39. The molecule has 0 spiro atoms. The Bertz CT molecular complexity index is 481. The van der Waals surface area contributed by atoms with Crippen molar-refractivity contribution in [3.63, 3.8) is 0 Å². The van der Waals surface area contributed by atoms with Crippen LogP contribution in [0.5, 0.6) is 0 Å². The number of unbranched alkanes of at least 4 members (excludes halogenated alkanes) is 1. The van der Waals surface area contributed by atoms with Crippen LogP contribution in [0.4, 0.5) is 0 Å². The monoisotopic (exact) mass is 333 g/mol. The highest BCUT2D eigenvalue weighted by Crippen LogP contribution is 2.37. The predicted molar refractivity (Wildman–Crippen MR) is 96.2 cm³/mol. The second-order valence-corrected chi connectivity index (χ2v) is 6.41. The molecule has 2 rings (SSSR count). The number of rotatable bonds is 9. The maximum Gasteiger partial charge on any atom is 0.316 e. The van der Waals surface area contributed by atoms with Crippen molar-refractivity contribution in [2.45, 2.75) is 44.9 Å². The number of carbonyl (C=O) groups excluding carboxylic acids is 1. The summed E-state index contributed by atoms with van der Waals surface area (Å²) in [5.74, 6) is -0.0628. The summed E-state index contributed by atoms with van der Waals surface area (Å²) in [5, 5.41) is 0. The summed E-state index contributed by atoms with van der Waals surface area (Å²) >= 11 is 0. The molecule has 134 valence electrons. The van der Waals surface area contributed by atoms with Crippen LogP contribution in [0.25, 0.3) is 0 Å². The summed E-state index contributed by atoms with van der Waals surface area (Å²) in [6, 6.07) is 10.1. The zero-order chi connectivity index (χ0) is 17.3. The van der Waals surface area contributed by atoms with Gasteiger partial charge in [0, 0.05) is 13.2 Å². The van der Waals surface area contributed by atoms with E-state index in [4.69, 9.17) is 9.47 Å². The molecule has 0 saturated carbocycles. The summed E-state index contributed by atoms with van der Waals surface area (Å²) in [5.41, 5.74) is 0.624. The minimum atomic E-state index is -0.473. The van der Waals surface area contributed by atoms with E-state index in [0.29, 0.717) is 6.61 Å². The van der Waals surface area contributed by atoms with Gasteiger partial charge in [0.25, 0.3) is 0 Å². The van der Waals surface area contributed by atoms with Gasteiger partial charge < -0.3 is 14.4 Å². The molecule has 1 aliphatic heterocycles. The van der Waals surface area contributed by atoms with E-state index >= 15 is 0 Å². The number of carbonyl (C=O) groups is 1. The lowest BCUT2D eigenvalue weighted by molar-refractivity contribution is -0.152. The van der Waals surface area contributed by atoms with Crippen LogP contribution in [-0.2, 0) is 19.7 Å². The smallest absolute Gasteiger partial charge is 0.316 e. The molecule has 0 atom stereocenters. The lowest BCUT2D eigenvalue weighted by atomic mass is 9.72. The molecule has 0 bridgehead atoms. The fourth-order valence-corrected chi connectivity index (χ4v) is 3.48. The Kier molecular flexibility index (Phi) is 7.73. The number of likely N-dealkylation sites (tertiary alicyclic amines) is 1. The maximum absolute atomic E-state index is 12.7.